The zero-order valence-corrected chi connectivity index (χ0v) is 11.0. The van der Waals surface area contributed by atoms with Crippen molar-refractivity contribution >= 4 is 0 Å². The van der Waals surface area contributed by atoms with Gasteiger partial charge in [0.1, 0.15) is 11.9 Å². The van der Waals surface area contributed by atoms with E-state index in [-0.39, 0.29) is 0 Å². The Morgan fingerprint density at radius 3 is 2.42 bits per heavy atom. The fourth-order valence-electron chi connectivity index (χ4n) is 2.38. The van der Waals surface area contributed by atoms with Crippen molar-refractivity contribution in [3.63, 3.8) is 0 Å². The van der Waals surface area contributed by atoms with E-state index in [1.807, 2.05) is 36.4 Å². The Labute approximate surface area is 113 Å². The number of aliphatic hydroxyl groups is 1. The van der Waals surface area contributed by atoms with Gasteiger partial charge in [-0.3, -0.25) is 0 Å². The summed E-state index contributed by atoms with van der Waals surface area (Å²) in [6.45, 7) is 0. The molecule has 0 bridgehead atoms. The number of benzene rings is 2. The first kappa shape index (κ1) is 12.2. The minimum Gasteiger partial charge on any atom is -0.497 e. The Hall–Kier alpha value is -1.80. The monoisotopic (exact) mass is 254 g/mol. The minimum absolute atomic E-state index is 0.565. The maximum atomic E-state index is 10.4. The second kappa shape index (κ2) is 5.06. The van der Waals surface area contributed by atoms with Gasteiger partial charge in [-0.1, -0.05) is 36.4 Å². The quantitative estimate of drug-likeness (QED) is 0.902. The summed E-state index contributed by atoms with van der Waals surface area (Å²) in [6, 6.07) is 15.9. The molecule has 1 fully saturated rings. The molecule has 2 nitrogen and oxygen atoms in total. The fourth-order valence-corrected chi connectivity index (χ4v) is 2.38. The second-order valence-electron chi connectivity index (χ2n) is 5.12. The van der Waals surface area contributed by atoms with E-state index in [0.29, 0.717) is 5.92 Å². The van der Waals surface area contributed by atoms with Gasteiger partial charge < -0.3 is 9.84 Å². The molecular weight excluding hydrogens is 236 g/mol. The normalized spacial score (nSPS) is 16.1. The van der Waals surface area contributed by atoms with Gasteiger partial charge in [0.15, 0.2) is 0 Å². The molecule has 1 unspecified atom stereocenters. The number of methoxy groups -OCH3 is 1. The van der Waals surface area contributed by atoms with E-state index in [1.165, 1.54) is 18.4 Å². The lowest BCUT2D eigenvalue weighted by molar-refractivity contribution is 0.220. The Balaban J connectivity index is 1.85. The second-order valence-corrected chi connectivity index (χ2v) is 5.12. The molecule has 2 aromatic rings. The van der Waals surface area contributed by atoms with Gasteiger partial charge in [-0.2, -0.15) is 0 Å². The van der Waals surface area contributed by atoms with Crippen molar-refractivity contribution in [2.45, 2.75) is 24.9 Å². The molecule has 0 saturated heterocycles. The van der Waals surface area contributed by atoms with Gasteiger partial charge >= 0.3 is 0 Å². The van der Waals surface area contributed by atoms with Gasteiger partial charge in [0, 0.05) is 0 Å². The van der Waals surface area contributed by atoms with Crippen LogP contribution < -0.4 is 4.74 Å². The van der Waals surface area contributed by atoms with Crippen LogP contribution in [0.25, 0.3) is 0 Å². The van der Waals surface area contributed by atoms with Crippen molar-refractivity contribution in [1.29, 1.82) is 0 Å². The van der Waals surface area contributed by atoms with Gasteiger partial charge in [0.2, 0.25) is 0 Å². The predicted molar refractivity (Wildman–Crippen MR) is 75.5 cm³/mol. The molecule has 0 heterocycles. The van der Waals surface area contributed by atoms with Crippen LogP contribution in [0.5, 0.6) is 5.75 Å². The molecule has 2 aromatic carbocycles. The van der Waals surface area contributed by atoms with Crippen LogP contribution in [0.4, 0.5) is 0 Å². The number of ether oxygens (including phenoxy) is 1. The average molecular weight is 254 g/mol. The summed E-state index contributed by atoms with van der Waals surface area (Å²) >= 11 is 0. The van der Waals surface area contributed by atoms with Crippen LogP contribution in [0.3, 0.4) is 0 Å². The van der Waals surface area contributed by atoms with Crippen molar-refractivity contribution in [3.8, 4) is 5.75 Å². The topological polar surface area (TPSA) is 29.5 Å². The highest BCUT2D eigenvalue weighted by molar-refractivity contribution is 5.37. The summed E-state index contributed by atoms with van der Waals surface area (Å²) in [7, 11) is 1.64. The Bertz CT molecular complexity index is 556. The largest absolute Gasteiger partial charge is 0.497 e. The molecule has 1 N–H and O–H groups in total. The molecule has 2 heteroatoms. The Morgan fingerprint density at radius 1 is 1.05 bits per heavy atom. The third kappa shape index (κ3) is 2.64. The zero-order chi connectivity index (χ0) is 13.2. The lowest BCUT2D eigenvalue weighted by Gasteiger charge is -2.13. The Kier molecular flexibility index (Phi) is 3.26. The first-order valence-corrected chi connectivity index (χ1v) is 6.70. The van der Waals surface area contributed by atoms with Gasteiger partial charge in [-0.15, -0.1) is 0 Å². The standard InChI is InChI=1S/C17H18O2/c1-19-16-9-7-13(8-10-16)17(18)15-4-2-3-14(11-15)12-5-6-12/h2-4,7-12,17-18H,5-6H2,1H3. The van der Waals surface area contributed by atoms with Crippen molar-refractivity contribution in [3.05, 3.63) is 65.2 Å². The summed E-state index contributed by atoms with van der Waals surface area (Å²) in [4.78, 5) is 0. The summed E-state index contributed by atoms with van der Waals surface area (Å²) in [5, 5.41) is 10.4. The lowest BCUT2D eigenvalue weighted by Crippen LogP contribution is -2.00. The molecule has 19 heavy (non-hydrogen) atoms. The van der Waals surface area contributed by atoms with Crippen LogP contribution in [0.1, 0.15) is 41.6 Å². The van der Waals surface area contributed by atoms with Gasteiger partial charge in [-0.25, -0.2) is 0 Å². The number of hydrogen-bond donors (Lipinski definition) is 1. The third-order valence-electron chi connectivity index (χ3n) is 3.71. The van der Waals surface area contributed by atoms with Gasteiger partial charge in [0.25, 0.3) is 0 Å². The summed E-state index contributed by atoms with van der Waals surface area (Å²) in [5.41, 5.74) is 3.22. The van der Waals surface area contributed by atoms with Crippen molar-refractivity contribution in [2.24, 2.45) is 0 Å². The first-order valence-electron chi connectivity index (χ1n) is 6.70. The zero-order valence-electron chi connectivity index (χ0n) is 11.0. The van der Waals surface area contributed by atoms with E-state index in [4.69, 9.17) is 4.74 Å². The molecule has 0 radical (unpaired) electrons. The number of rotatable bonds is 4. The van der Waals surface area contributed by atoms with Crippen LogP contribution in [-0.2, 0) is 0 Å². The highest BCUT2D eigenvalue weighted by atomic mass is 16.5. The van der Waals surface area contributed by atoms with E-state index < -0.39 is 6.10 Å². The SMILES string of the molecule is COc1ccc(C(O)c2cccc(C3CC3)c2)cc1. The molecule has 1 aliphatic carbocycles. The lowest BCUT2D eigenvalue weighted by atomic mass is 9.98. The van der Waals surface area contributed by atoms with Crippen LogP contribution >= 0.6 is 0 Å². The molecule has 1 aliphatic rings. The summed E-state index contributed by atoms with van der Waals surface area (Å²) in [5.74, 6) is 1.52. The molecule has 98 valence electrons. The summed E-state index contributed by atoms with van der Waals surface area (Å²) < 4.78 is 5.13. The van der Waals surface area contributed by atoms with E-state index in [0.717, 1.165) is 16.9 Å². The average Bonchev–Trinajstić information content (AvgIpc) is 3.31. The molecule has 1 atom stereocenters. The molecule has 0 aromatic heterocycles. The number of aliphatic hydroxyl groups excluding tert-OH is 1. The van der Waals surface area contributed by atoms with E-state index >= 15 is 0 Å². The van der Waals surface area contributed by atoms with Crippen LogP contribution in [0, 0.1) is 0 Å². The van der Waals surface area contributed by atoms with Crippen LogP contribution in [0.2, 0.25) is 0 Å². The highest BCUT2D eigenvalue weighted by Crippen LogP contribution is 2.40. The number of hydrogen-bond acceptors (Lipinski definition) is 2. The van der Waals surface area contributed by atoms with Crippen LogP contribution in [-0.4, -0.2) is 12.2 Å². The van der Waals surface area contributed by atoms with Crippen molar-refractivity contribution < 1.29 is 9.84 Å². The van der Waals surface area contributed by atoms with Crippen molar-refractivity contribution in [1.82, 2.24) is 0 Å². The van der Waals surface area contributed by atoms with Gasteiger partial charge in [-0.05, 0) is 47.6 Å². The molecule has 0 aliphatic heterocycles. The van der Waals surface area contributed by atoms with E-state index in [2.05, 4.69) is 12.1 Å². The highest BCUT2D eigenvalue weighted by Gasteiger charge is 2.24. The summed E-state index contributed by atoms with van der Waals surface area (Å²) in [6.07, 6.45) is 1.99. The van der Waals surface area contributed by atoms with E-state index in [1.54, 1.807) is 7.11 Å². The maximum absolute atomic E-state index is 10.4. The molecular formula is C17H18O2. The van der Waals surface area contributed by atoms with E-state index in [9.17, 15) is 5.11 Å². The smallest absolute Gasteiger partial charge is 0.118 e. The van der Waals surface area contributed by atoms with Gasteiger partial charge in [0.05, 0.1) is 7.11 Å². The Morgan fingerprint density at radius 2 is 1.79 bits per heavy atom. The third-order valence-corrected chi connectivity index (χ3v) is 3.71. The predicted octanol–water partition coefficient (Wildman–Crippen LogP) is 3.65. The van der Waals surface area contributed by atoms with Crippen LogP contribution in [0.15, 0.2) is 48.5 Å². The molecule has 0 spiro atoms. The molecule has 1 saturated carbocycles. The fraction of sp³-hybridized carbons (Fsp3) is 0.294. The van der Waals surface area contributed by atoms with Crippen molar-refractivity contribution in [2.75, 3.05) is 7.11 Å². The first-order chi connectivity index (χ1) is 9.28. The molecule has 0 amide bonds. The maximum Gasteiger partial charge on any atom is 0.118 e. The molecule has 3 rings (SSSR count). The minimum atomic E-state index is -0.565.